The molecule has 0 aliphatic carbocycles. The van der Waals surface area contributed by atoms with E-state index < -0.39 is 11.8 Å². The zero-order valence-corrected chi connectivity index (χ0v) is 12.9. The molecule has 2 aromatic carbocycles. The third-order valence-electron chi connectivity index (χ3n) is 2.84. The molecular weight excluding hydrogens is 306 g/mol. The van der Waals surface area contributed by atoms with Gasteiger partial charge in [-0.3, -0.25) is 9.59 Å². The first kappa shape index (κ1) is 17.0. The lowest BCUT2D eigenvalue weighted by atomic mass is 10.2. The Labute approximate surface area is 139 Å². The molecule has 0 fully saturated rings. The molecule has 0 aliphatic rings. The lowest BCUT2D eigenvalue weighted by Crippen LogP contribution is -2.32. The van der Waals surface area contributed by atoms with E-state index in [4.69, 9.17) is 4.74 Å². The maximum Gasteiger partial charge on any atom is 0.329 e. The van der Waals surface area contributed by atoms with Crippen LogP contribution in [0.5, 0.6) is 5.75 Å². The van der Waals surface area contributed by atoms with Crippen molar-refractivity contribution in [3.05, 3.63) is 72.8 Å². The molecule has 6 nitrogen and oxygen atoms in total. The van der Waals surface area contributed by atoms with Gasteiger partial charge in [0.25, 0.3) is 0 Å². The Morgan fingerprint density at radius 3 is 2.62 bits per heavy atom. The molecule has 2 N–H and O–H groups in total. The van der Waals surface area contributed by atoms with Crippen LogP contribution in [-0.4, -0.2) is 24.6 Å². The molecule has 0 aromatic heterocycles. The molecule has 0 saturated carbocycles. The molecule has 0 spiro atoms. The highest BCUT2D eigenvalue weighted by Gasteiger charge is 2.12. The summed E-state index contributed by atoms with van der Waals surface area (Å²) >= 11 is 0. The molecule has 6 heteroatoms. The van der Waals surface area contributed by atoms with Gasteiger partial charge in [-0.1, -0.05) is 43.0 Å². The van der Waals surface area contributed by atoms with Crippen LogP contribution >= 0.6 is 0 Å². The Morgan fingerprint density at radius 2 is 1.88 bits per heavy atom. The second kappa shape index (κ2) is 8.89. The van der Waals surface area contributed by atoms with Gasteiger partial charge in [-0.2, -0.15) is 5.10 Å². The number of nitrogens with zero attached hydrogens (tertiary/aromatic N) is 1. The van der Waals surface area contributed by atoms with E-state index in [-0.39, 0.29) is 0 Å². The first-order valence-corrected chi connectivity index (χ1v) is 7.22. The Hall–Kier alpha value is -3.41. The quantitative estimate of drug-likeness (QED) is 0.371. The third kappa shape index (κ3) is 5.42. The number of carbonyl (C=O) groups excluding carboxylic acids is 2. The number of hydrazone groups is 1. The summed E-state index contributed by atoms with van der Waals surface area (Å²) in [6.07, 6.45) is 3.07. The number of ether oxygens (including phenoxy) is 1. The fourth-order valence-electron chi connectivity index (χ4n) is 1.77. The van der Waals surface area contributed by atoms with Gasteiger partial charge in [0.05, 0.1) is 6.21 Å². The molecule has 2 aromatic rings. The summed E-state index contributed by atoms with van der Waals surface area (Å²) < 4.78 is 5.40. The summed E-state index contributed by atoms with van der Waals surface area (Å²) in [5.41, 5.74) is 3.43. The van der Waals surface area contributed by atoms with E-state index in [1.807, 2.05) is 6.07 Å². The molecule has 0 radical (unpaired) electrons. The topological polar surface area (TPSA) is 79.8 Å². The van der Waals surface area contributed by atoms with E-state index in [1.54, 1.807) is 54.6 Å². The van der Waals surface area contributed by atoms with Gasteiger partial charge in [-0.05, 0) is 29.8 Å². The molecule has 2 amide bonds. The van der Waals surface area contributed by atoms with Crippen LogP contribution in [0.4, 0.5) is 5.69 Å². The molecule has 0 heterocycles. The predicted molar refractivity (Wildman–Crippen MR) is 92.9 cm³/mol. The number of rotatable bonds is 6. The minimum Gasteiger partial charge on any atom is -0.490 e. The minimum atomic E-state index is -0.853. The van der Waals surface area contributed by atoms with Crippen molar-refractivity contribution < 1.29 is 14.3 Å². The number of hydrogen-bond donors (Lipinski definition) is 2. The van der Waals surface area contributed by atoms with E-state index in [9.17, 15) is 9.59 Å². The Kier molecular flexibility index (Phi) is 6.28. The first-order chi connectivity index (χ1) is 11.7. The van der Waals surface area contributed by atoms with Crippen molar-refractivity contribution in [2.45, 2.75) is 0 Å². The molecule has 122 valence electrons. The van der Waals surface area contributed by atoms with Crippen LogP contribution < -0.4 is 15.5 Å². The predicted octanol–water partition coefficient (Wildman–Crippen LogP) is 2.34. The summed E-state index contributed by atoms with van der Waals surface area (Å²) in [5.74, 6) is -0.984. The van der Waals surface area contributed by atoms with Gasteiger partial charge < -0.3 is 10.1 Å². The highest BCUT2D eigenvalue weighted by Crippen LogP contribution is 2.11. The van der Waals surface area contributed by atoms with Crippen molar-refractivity contribution in [2.75, 3.05) is 11.9 Å². The van der Waals surface area contributed by atoms with Gasteiger partial charge in [-0.25, -0.2) is 5.43 Å². The van der Waals surface area contributed by atoms with Crippen LogP contribution in [0.3, 0.4) is 0 Å². The highest BCUT2D eigenvalue weighted by atomic mass is 16.5. The first-order valence-electron chi connectivity index (χ1n) is 7.22. The van der Waals surface area contributed by atoms with E-state index in [1.165, 1.54) is 6.21 Å². The van der Waals surface area contributed by atoms with Gasteiger partial charge in [0, 0.05) is 5.69 Å². The molecule has 24 heavy (non-hydrogen) atoms. The molecule has 0 aliphatic heterocycles. The Balaban J connectivity index is 1.87. The number of anilines is 1. The minimum absolute atomic E-state index is 0.400. The number of benzene rings is 2. The van der Waals surface area contributed by atoms with Crippen LogP contribution in [0.1, 0.15) is 5.56 Å². The number of carbonyl (C=O) groups is 2. The van der Waals surface area contributed by atoms with Crippen LogP contribution in [0.15, 0.2) is 72.4 Å². The van der Waals surface area contributed by atoms with Gasteiger partial charge in [0.1, 0.15) is 12.4 Å². The Morgan fingerprint density at radius 1 is 1.08 bits per heavy atom. The van der Waals surface area contributed by atoms with Crippen LogP contribution in [0.25, 0.3) is 0 Å². The van der Waals surface area contributed by atoms with Crippen LogP contribution in [0, 0.1) is 0 Å². The molecule has 2 rings (SSSR count). The second-order valence-corrected chi connectivity index (χ2v) is 4.69. The van der Waals surface area contributed by atoms with Crippen LogP contribution in [-0.2, 0) is 9.59 Å². The van der Waals surface area contributed by atoms with E-state index in [0.717, 1.165) is 5.56 Å². The normalized spacial score (nSPS) is 10.2. The van der Waals surface area contributed by atoms with Gasteiger partial charge >= 0.3 is 11.8 Å². The molecular formula is C18H17N3O3. The highest BCUT2D eigenvalue weighted by molar-refractivity contribution is 6.39. The summed E-state index contributed by atoms with van der Waals surface area (Å²) in [7, 11) is 0. The van der Waals surface area contributed by atoms with Crippen molar-refractivity contribution in [3.63, 3.8) is 0 Å². The molecule has 0 bridgehead atoms. The monoisotopic (exact) mass is 323 g/mol. The van der Waals surface area contributed by atoms with Gasteiger partial charge in [0.2, 0.25) is 0 Å². The standard InChI is InChI=1S/C18H17N3O3/c1-2-11-24-16-10-6-7-14(12-16)13-19-21-18(23)17(22)20-15-8-4-3-5-9-15/h2-10,12-13H,1,11H2,(H,20,22)(H,21,23)/b19-13-. The SMILES string of the molecule is C=CCOc1cccc(/C=N\NC(=O)C(=O)Nc2ccccc2)c1. The lowest BCUT2D eigenvalue weighted by molar-refractivity contribution is -0.136. The number of nitrogens with one attached hydrogen (secondary N) is 2. The smallest absolute Gasteiger partial charge is 0.329 e. The maximum atomic E-state index is 11.7. The van der Waals surface area contributed by atoms with Crippen molar-refractivity contribution in [3.8, 4) is 5.75 Å². The maximum absolute atomic E-state index is 11.7. The molecule has 0 saturated heterocycles. The fourth-order valence-corrected chi connectivity index (χ4v) is 1.77. The van der Waals surface area contributed by atoms with E-state index in [2.05, 4.69) is 22.4 Å². The zero-order chi connectivity index (χ0) is 17.2. The average Bonchev–Trinajstić information content (AvgIpc) is 2.61. The number of para-hydroxylation sites is 1. The number of hydrogen-bond acceptors (Lipinski definition) is 4. The van der Waals surface area contributed by atoms with Crippen molar-refractivity contribution in [1.29, 1.82) is 0 Å². The molecule has 0 unspecified atom stereocenters. The Bertz CT molecular complexity index is 742. The lowest BCUT2D eigenvalue weighted by Gasteiger charge is -2.04. The number of amides is 2. The largest absolute Gasteiger partial charge is 0.490 e. The van der Waals surface area contributed by atoms with Crippen molar-refractivity contribution in [1.82, 2.24) is 5.43 Å². The van der Waals surface area contributed by atoms with Gasteiger partial charge in [-0.15, -0.1) is 0 Å². The van der Waals surface area contributed by atoms with Crippen molar-refractivity contribution in [2.24, 2.45) is 5.10 Å². The summed E-state index contributed by atoms with van der Waals surface area (Å²) in [6, 6.07) is 15.8. The van der Waals surface area contributed by atoms with Gasteiger partial charge in [0.15, 0.2) is 0 Å². The third-order valence-corrected chi connectivity index (χ3v) is 2.84. The van der Waals surface area contributed by atoms with E-state index in [0.29, 0.717) is 18.0 Å². The zero-order valence-electron chi connectivity index (χ0n) is 12.9. The fraction of sp³-hybridized carbons (Fsp3) is 0.0556. The summed E-state index contributed by atoms with van der Waals surface area (Å²) in [6.45, 7) is 3.98. The summed E-state index contributed by atoms with van der Waals surface area (Å²) in [4.78, 5) is 23.4. The van der Waals surface area contributed by atoms with Crippen molar-refractivity contribution >= 4 is 23.7 Å². The average molecular weight is 323 g/mol. The summed E-state index contributed by atoms with van der Waals surface area (Å²) in [5, 5.41) is 6.23. The molecule has 0 atom stereocenters. The van der Waals surface area contributed by atoms with E-state index >= 15 is 0 Å². The van der Waals surface area contributed by atoms with Crippen LogP contribution in [0.2, 0.25) is 0 Å². The second-order valence-electron chi connectivity index (χ2n) is 4.69.